The zero-order chi connectivity index (χ0) is 11.6. The monoisotopic (exact) mass is 277 g/mol. The van der Waals surface area contributed by atoms with E-state index in [1.807, 2.05) is 42.5 Å². The summed E-state index contributed by atoms with van der Waals surface area (Å²) in [5.74, 6) is 0. The van der Waals surface area contributed by atoms with E-state index in [9.17, 15) is 5.11 Å². The van der Waals surface area contributed by atoms with Crippen LogP contribution in [0, 0.1) is 0 Å². The number of hydrogen-bond acceptors (Lipinski definition) is 2. The van der Waals surface area contributed by atoms with Gasteiger partial charge >= 0.3 is 0 Å². The highest BCUT2D eigenvalue weighted by molar-refractivity contribution is 9.10. The fourth-order valence-electron chi connectivity index (χ4n) is 1.59. The Bertz CT molecular complexity index is 465. The predicted molar refractivity (Wildman–Crippen MR) is 67.1 cm³/mol. The van der Waals surface area contributed by atoms with Crippen LogP contribution in [0.1, 0.15) is 18.1 Å². The molecule has 0 aliphatic rings. The van der Waals surface area contributed by atoms with Gasteiger partial charge in [-0.05, 0) is 34.5 Å². The molecule has 2 rings (SSSR count). The van der Waals surface area contributed by atoms with E-state index in [1.165, 1.54) is 0 Å². The summed E-state index contributed by atoms with van der Waals surface area (Å²) in [4.78, 5) is 4.13. The number of halogens is 1. The maximum absolute atomic E-state index is 10.5. The average molecular weight is 278 g/mol. The lowest BCUT2D eigenvalue weighted by molar-refractivity contribution is 0.102. The van der Waals surface area contributed by atoms with Crippen LogP contribution in [0.4, 0.5) is 0 Å². The first-order valence-electron chi connectivity index (χ1n) is 5.00. The lowest BCUT2D eigenvalue weighted by Gasteiger charge is -2.24. The number of aliphatic hydroxyl groups is 1. The second-order valence-electron chi connectivity index (χ2n) is 3.81. The maximum atomic E-state index is 10.5. The SMILES string of the molecule is CC(O)(c1ccccc1)c1ccc(Br)nc1. The van der Waals surface area contributed by atoms with Gasteiger partial charge in [-0.15, -0.1) is 0 Å². The van der Waals surface area contributed by atoms with Gasteiger partial charge in [-0.1, -0.05) is 36.4 Å². The average Bonchev–Trinajstić information content (AvgIpc) is 2.31. The Kier molecular flexibility index (Phi) is 3.08. The fourth-order valence-corrected chi connectivity index (χ4v) is 1.83. The van der Waals surface area contributed by atoms with Crippen LogP contribution < -0.4 is 0 Å². The molecular weight excluding hydrogens is 266 g/mol. The summed E-state index contributed by atoms with van der Waals surface area (Å²) in [6.07, 6.45) is 1.68. The van der Waals surface area contributed by atoms with Crippen molar-refractivity contribution in [3.63, 3.8) is 0 Å². The molecule has 1 aromatic heterocycles. The molecule has 16 heavy (non-hydrogen) atoms. The molecule has 0 saturated carbocycles. The van der Waals surface area contributed by atoms with Crippen molar-refractivity contribution >= 4 is 15.9 Å². The molecule has 82 valence electrons. The second kappa shape index (κ2) is 4.36. The number of benzene rings is 1. The first-order chi connectivity index (χ1) is 7.60. The van der Waals surface area contributed by atoms with Crippen molar-refractivity contribution in [1.29, 1.82) is 0 Å². The van der Waals surface area contributed by atoms with Crippen molar-refractivity contribution in [2.45, 2.75) is 12.5 Å². The summed E-state index contributed by atoms with van der Waals surface area (Å²) in [6, 6.07) is 13.3. The molecule has 0 saturated heterocycles. The molecule has 1 unspecified atom stereocenters. The largest absolute Gasteiger partial charge is 0.381 e. The summed E-state index contributed by atoms with van der Waals surface area (Å²) >= 11 is 3.28. The van der Waals surface area contributed by atoms with Crippen molar-refractivity contribution < 1.29 is 5.11 Å². The van der Waals surface area contributed by atoms with Crippen LogP contribution in [-0.2, 0) is 5.60 Å². The Labute approximate surface area is 103 Å². The van der Waals surface area contributed by atoms with E-state index in [0.29, 0.717) is 0 Å². The van der Waals surface area contributed by atoms with Crippen molar-refractivity contribution in [2.75, 3.05) is 0 Å². The third kappa shape index (κ3) is 2.15. The van der Waals surface area contributed by atoms with Crippen LogP contribution in [0.2, 0.25) is 0 Å². The first-order valence-corrected chi connectivity index (χ1v) is 5.80. The molecule has 2 aromatic rings. The van der Waals surface area contributed by atoms with Gasteiger partial charge in [0.25, 0.3) is 0 Å². The summed E-state index contributed by atoms with van der Waals surface area (Å²) in [5, 5.41) is 10.5. The lowest BCUT2D eigenvalue weighted by atomic mass is 9.89. The van der Waals surface area contributed by atoms with Crippen molar-refractivity contribution in [1.82, 2.24) is 4.98 Å². The van der Waals surface area contributed by atoms with Gasteiger partial charge in [-0.25, -0.2) is 4.98 Å². The Balaban J connectivity index is 2.43. The Morgan fingerprint density at radius 2 is 1.75 bits per heavy atom. The number of rotatable bonds is 2. The topological polar surface area (TPSA) is 33.1 Å². The first kappa shape index (κ1) is 11.3. The summed E-state index contributed by atoms with van der Waals surface area (Å²) in [6.45, 7) is 1.77. The molecule has 2 nitrogen and oxygen atoms in total. The van der Waals surface area contributed by atoms with Gasteiger partial charge < -0.3 is 5.11 Å². The summed E-state index contributed by atoms with van der Waals surface area (Å²) in [5.41, 5.74) is 0.635. The molecule has 0 fully saturated rings. The fraction of sp³-hybridized carbons (Fsp3) is 0.154. The summed E-state index contributed by atoms with van der Waals surface area (Å²) < 4.78 is 0.764. The number of nitrogens with zero attached hydrogens (tertiary/aromatic N) is 1. The van der Waals surface area contributed by atoms with Gasteiger partial charge in [0.05, 0.1) is 0 Å². The minimum Gasteiger partial charge on any atom is -0.381 e. The molecule has 3 heteroatoms. The van der Waals surface area contributed by atoms with E-state index >= 15 is 0 Å². The molecule has 1 aromatic carbocycles. The lowest BCUT2D eigenvalue weighted by Crippen LogP contribution is -2.22. The van der Waals surface area contributed by atoms with Gasteiger partial charge in [-0.2, -0.15) is 0 Å². The van der Waals surface area contributed by atoms with Gasteiger partial charge in [0, 0.05) is 11.8 Å². The molecule has 0 aliphatic heterocycles. The number of aromatic nitrogens is 1. The normalized spacial score (nSPS) is 14.4. The standard InChI is InChI=1S/C13H12BrNO/c1-13(16,10-5-3-2-4-6-10)11-7-8-12(14)15-9-11/h2-9,16H,1H3. The summed E-state index contributed by atoms with van der Waals surface area (Å²) in [7, 11) is 0. The molecule has 0 aliphatic carbocycles. The van der Waals surface area contributed by atoms with Crippen molar-refractivity contribution in [3.8, 4) is 0 Å². The minimum atomic E-state index is -1.00. The van der Waals surface area contributed by atoms with E-state index in [1.54, 1.807) is 13.1 Å². The highest BCUT2D eigenvalue weighted by atomic mass is 79.9. The van der Waals surface area contributed by atoms with E-state index < -0.39 is 5.60 Å². The van der Waals surface area contributed by atoms with E-state index in [4.69, 9.17) is 0 Å². The van der Waals surface area contributed by atoms with Crippen LogP contribution in [0.15, 0.2) is 53.3 Å². The molecule has 0 amide bonds. The van der Waals surface area contributed by atoms with E-state index in [-0.39, 0.29) is 0 Å². The second-order valence-corrected chi connectivity index (χ2v) is 4.62. The third-order valence-corrected chi connectivity index (χ3v) is 3.09. The van der Waals surface area contributed by atoms with Crippen molar-refractivity contribution in [2.24, 2.45) is 0 Å². The molecule has 1 atom stereocenters. The maximum Gasteiger partial charge on any atom is 0.113 e. The van der Waals surface area contributed by atoms with Gasteiger partial charge in [0.1, 0.15) is 10.2 Å². The Morgan fingerprint density at radius 3 is 2.31 bits per heavy atom. The minimum absolute atomic E-state index is 0.764. The number of pyridine rings is 1. The Morgan fingerprint density at radius 1 is 1.06 bits per heavy atom. The van der Waals surface area contributed by atoms with E-state index in [2.05, 4.69) is 20.9 Å². The smallest absolute Gasteiger partial charge is 0.113 e. The van der Waals surface area contributed by atoms with Crippen LogP contribution in [0.5, 0.6) is 0 Å². The molecular formula is C13H12BrNO. The third-order valence-electron chi connectivity index (χ3n) is 2.63. The van der Waals surface area contributed by atoms with Gasteiger partial charge in [0.15, 0.2) is 0 Å². The molecule has 0 bridgehead atoms. The zero-order valence-electron chi connectivity index (χ0n) is 8.89. The highest BCUT2D eigenvalue weighted by Gasteiger charge is 2.25. The van der Waals surface area contributed by atoms with Crippen LogP contribution >= 0.6 is 15.9 Å². The van der Waals surface area contributed by atoms with E-state index in [0.717, 1.165) is 15.7 Å². The Hall–Kier alpha value is -1.19. The van der Waals surface area contributed by atoms with Crippen LogP contribution in [0.25, 0.3) is 0 Å². The molecule has 0 spiro atoms. The van der Waals surface area contributed by atoms with Gasteiger partial charge in [0.2, 0.25) is 0 Å². The van der Waals surface area contributed by atoms with Crippen molar-refractivity contribution in [3.05, 3.63) is 64.4 Å². The highest BCUT2D eigenvalue weighted by Crippen LogP contribution is 2.28. The molecule has 0 radical (unpaired) electrons. The van der Waals surface area contributed by atoms with Crippen LogP contribution in [-0.4, -0.2) is 10.1 Å². The number of hydrogen-bond donors (Lipinski definition) is 1. The molecule has 1 N–H and O–H groups in total. The quantitative estimate of drug-likeness (QED) is 0.856. The predicted octanol–water partition coefficient (Wildman–Crippen LogP) is 3.10. The van der Waals surface area contributed by atoms with Gasteiger partial charge in [-0.3, -0.25) is 0 Å². The van der Waals surface area contributed by atoms with Crippen LogP contribution in [0.3, 0.4) is 0 Å². The molecule has 1 heterocycles. The zero-order valence-corrected chi connectivity index (χ0v) is 10.5.